The van der Waals surface area contributed by atoms with E-state index in [0.29, 0.717) is 31.2 Å². The second-order valence-electron chi connectivity index (χ2n) is 5.77. The lowest BCUT2D eigenvalue weighted by molar-refractivity contribution is -0.121. The Balaban J connectivity index is 2.72. The number of amides is 1. The predicted molar refractivity (Wildman–Crippen MR) is 88.2 cm³/mol. The summed E-state index contributed by atoms with van der Waals surface area (Å²) in [5.41, 5.74) is 6.35. The van der Waals surface area contributed by atoms with E-state index in [-0.39, 0.29) is 11.9 Å². The first-order chi connectivity index (χ1) is 10.5. The van der Waals surface area contributed by atoms with Crippen molar-refractivity contribution in [2.45, 2.75) is 39.7 Å². The molecule has 0 radical (unpaired) electrons. The van der Waals surface area contributed by atoms with Gasteiger partial charge in [0.1, 0.15) is 0 Å². The number of carbonyl (C=O) groups is 1. The third-order valence-corrected chi connectivity index (χ3v) is 3.39. The van der Waals surface area contributed by atoms with Crippen molar-refractivity contribution in [2.75, 3.05) is 20.3 Å². The Morgan fingerprint density at radius 2 is 2.00 bits per heavy atom. The molecule has 1 unspecified atom stereocenters. The molecule has 0 aliphatic rings. The summed E-state index contributed by atoms with van der Waals surface area (Å²) in [6.07, 6.45) is 1.33. The largest absolute Gasteiger partial charge is 0.493 e. The van der Waals surface area contributed by atoms with Crippen LogP contribution in [-0.4, -0.2) is 26.2 Å². The van der Waals surface area contributed by atoms with E-state index in [1.807, 2.05) is 25.1 Å². The number of rotatable bonds is 9. The molecule has 1 aromatic carbocycles. The Morgan fingerprint density at radius 3 is 2.59 bits per heavy atom. The highest BCUT2D eigenvalue weighted by molar-refractivity contribution is 5.76. The topological polar surface area (TPSA) is 73.6 Å². The van der Waals surface area contributed by atoms with Crippen LogP contribution in [0.1, 0.15) is 45.2 Å². The van der Waals surface area contributed by atoms with Gasteiger partial charge in [-0.3, -0.25) is 4.79 Å². The summed E-state index contributed by atoms with van der Waals surface area (Å²) in [4.78, 5) is 11.6. The van der Waals surface area contributed by atoms with Gasteiger partial charge in [0.05, 0.1) is 19.8 Å². The van der Waals surface area contributed by atoms with Crippen LogP contribution in [0.25, 0.3) is 0 Å². The van der Waals surface area contributed by atoms with Crippen LogP contribution in [0.15, 0.2) is 18.2 Å². The molecule has 5 heteroatoms. The lowest BCUT2D eigenvalue weighted by Gasteiger charge is -2.17. The van der Waals surface area contributed by atoms with Gasteiger partial charge < -0.3 is 20.5 Å². The van der Waals surface area contributed by atoms with Crippen LogP contribution in [0.4, 0.5) is 0 Å². The number of benzene rings is 1. The Hall–Kier alpha value is -1.75. The molecule has 0 saturated heterocycles. The van der Waals surface area contributed by atoms with E-state index in [4.69, 9.17) is 15.2 Å². The molecule has 0 aliphatic heterocycles. The van der Waals surface area contributed by atoms with Gasteiger partial charge in [-0.15, -0.1) is 0 Å². The molecule has 1 amide bonds. The lowest BCUT2D eigenvalue weighted by atomic mass is 10.1. The predicted octanol–water partition coefficient (Wildman–Crippen LogP) is 2.65. The van der Waals surface area contributed by atoms with Gasteiger partial charge in [-0.05, 0) is 37.0 Å². The SMILES string of the molecule is COc1cc(C(C)NC(=O)CCN)ccc1OCCC(C)C. The van der Waals surface area contributed by atoms with Crippen LogP contribution in [0.5, 0.6) is 11.5 Å². The Morgan fingerprint density at radius 1 is 1.27 bits per heavy atom. The van der Waals surface area contributed by atoms with Crippen molar-refractivity contribution in [1.82, 2.24) is 5.32 Å². The van der Waals surface area contributed by atoms with Crippen LogP contribution < -0.4 is 20.5 Å². The van der Waals surface area contributed by atoms with E-state index < -0.39 is 0 Å². The molecule has 3 N–H and O–H groups in total. The maximum absolute atomic E-state index is 11.6. The van der Waals surface area contributed by atoms with Crippen LogP contribution in [0.3, 0.4) is 0 Å². The zero-order chi connectivity index (χ0) is 16.5. The van der Waals surface area contributed by atoms with Crippen LogP contribution >= 0.6 is 0 Å². The average molecular weight is 308 g/mol. The summed E-state index contributed by atoms with van der Waals surface area (Å²) < 4.78 is 11.2. The van der Waals surface area contributed by atoms with Crippen molar-refractivity contribution in [3.8, 4) is 11.5 Å². The van der Waals surface area contributed by atoms with E-state index in [9.17, 15) is 4.79 Å². The van der Waals surface area contributed by atoms with Crippen LogP contribution in [-0.2, 0) is 4.79 Å². The minimum atomic E-state index is -0.0994. The highest BCUT2D eigenvalue weighted by Crippen LogP contribution is 2.30. The smallest absolute Gasteiger partial charge is 0.221 e. The van der Waals surface area contributed by atoms with E-state index in [1.54, 1.807) is 7.11 Å². The highest BCUT2D eigenvalue weighted by atomic mass is 16.5. The standard InChI is InChI=1S/C17H28N2O3/c1-12(2)8-10-22-15-6-5-14(11-16(15)21-4)13(3)19-17(20)7-9-18/h5-6,11-13H,7-10,18H2,1-4H3,(H,19,20). The van der Waals surface area contributed by atoms with Crippen LogP contribution in [0, 0.1) is 5.92 Å². The maximum Gasteiger partial charge on any atom is 0.221 e. The third-order valence-electron chi connectivity index (χ3n) is 3.39. The van der Waals surface area contributed by atoms with Gasteiger partial charge in [0, 0.05) is 13.0 Å². The van der Waals surface area contributed by atoms with Crippen molar-refractivity contribution in [3.05, 3.63) is 23.8 Å². The van der Waals surface area contributed by atoms with E-state index in [2.05, 4.69) is 19.2 Å². The normalized spacial score (nSPS) is 12.1. The molecule has 0 spiro atoms. The molecule has 0 aromatic heterocycles. The molecular formula is C17H28N2O3. The molecular weight excluding hydrogens is 280 g/mol. The molecule has 0 heterocycles. The average Bonchev–Trinajstić information content (AvgIpc) is 2.47. The molecule has 5 nitrogen and oxygen atoms in total. The minimum Gasteiger partial charge on any atom is -0.493 e. The van der Waals surface area contributed by atoms with E-state index in [0.717, 1.165) is 17.7 Å². The number of methoxy groups -OCH3 is 1. The van der Waals surface area contributed by atoms with Gasteiger partial charge >= 0.3 is 0 Å². The minimum absolute atomic E-state index is 0.0498. The molecule has 1 rings (SSSR count). The van der Waals surface area contributed by atoms with Gasteiger partial charge in [-0.1, -0.05) is 19.9 Å². The third kappa shape index (κ3) is 5.93. The summed E-state index contributed by atoms with van der Waals surface area (Å²) in [6.45, 7) is 7.27. The Bertz CT molecular complexity index is 475. The second kappa shape index (κ2) is 9.30. The zero-order valence-corrected chi connectivity index (χ0v) is 14.0. The number of nitrogens with one attached hydrogen (secondary N) is 1. The Labute approximate surface area is 133 Å². The van der Waals surface area contributed by atoms with Gasteiger partial charge in [-0.25, -0.2) is 0 Å². The fraction of sp³-hybridized carbons (Fsp3) is 0.588. The molecule has 0 bridgehead atoms. The molecule has 0 saturated carbocycles. The van der Waals surface area contributed by atoms with Crippen molar-refractivity contribution in [1.29, 1.82) is 0 Å². The quantitative estimate of drug-likeness (QED) is 0.735. The van der Waals surface area contributed by atoms with Gasteiger partial charge in [0.25, 0.3) is 0 Å². The monoisotopic (exact) mass is 308 g/mol. The summed E-state index contributed by atoms with van der Waals surface area (Å²) in [5.74, 6) is 1.96. The van der Waals surface area contributed by atoms with Crippen LogP contribution in [0.2, 0.25) is 0 Å². The molecule has 0 aliphatic carbocycles. The number of hydrogen-bond donors (Lipinski definition) is 2. The number of hydrogen-bond acceptors (Lipinski definition) is 4. The summed E-state index contributed by atoms with van der Waals surface area (Å²) in [5, 5.41) is 2.91. The molecule has 1 atom stereocenters. The van der Waals surface area contributed by atoms with Crippen molar-refractivity contribution >= 4 is 5.91 Å². The Kier molecular flexibility index (Phi) is 7.74. The number of carbonyl (C=O) groups excluding carboxylic acids is 1. The molecule has 0 fully saturated rings. The fourth-order valence-corrected chi connectivity index (χ4v) is 2.01. The fourth-order valence-electron chi connectivity index (χ4n) is 2.01. The number of nitrogens with two attached hydrogens (primary N) is 1. The van der Waals surface area contributed by atoms with Gasteiger partial charge in [0.2, 0.25) is 5.91 Å². The van der Waals surface area contributed by atoms with Crippen molar-refractivity contribution < 1.29 is 14.3 Å². The highest BCUT2D eigenvalue weighted by Gasteiger charge is 2.12. The zero-order valence-electron chi connectivity index (χ0n) is 14.0. The van der Waals surface area contributed by atoms with Crippen molar-refractivity contribution in [2.24, 2.45) is 11.7 Å². The maximum atomic E-state index is 11.6. The molecule has 124 valence electrons. The van der Waals surface area contributed by atoms with Crippen molar-refractivity contribution in [3.63, 3.8) is 0 Å². The lowest BCUT2D eigenvalue weighted by Crippen LogP contribution is -2.28. The second-order valence-corrected chi connectivity index (χ2v) is 5.77. The summed E-state index contributed by atoms with van der Waals surface area (Å²) in [6, 6.07) is 5.64. The first-order valence-corrected chi connectivity index (χ1v) is 7.78. The van der Waals surface area contributed by atoms with Gasteiger partial charge in [-0.2, -0.15) is 0 Å². The number of ether oxygens (including phenoxy) is 2. The summed E-state index contributed by atoms with van der Waals surface area (Å²) in [7, 11) is 1.62. The first-order valence-electron chi connectivity index (χ1n) is 7.78. The van der Waals surface area contributed by atoms with E-state index >= 15 is 0 Å². The van der Waals surface area contributed by atoms with E-state index in [1.165, 1.54) is 0 Å². The molecule has 1 aromatic rings. The molecule has 22 heavy (non-hydrogen) atoms. The summed E-state index contributed by atoms with van der Waals surface area (Å²) >= 11 is 0. The van der Waals surface area contributed by atoms with Gasteiger partial charge in [0.15, 0.2) is 11.5 Å². The first kappa shape index (κ1) is 18.3.